The molecule has 2 rings (SSSR count). The summed E-state index contributed by atoms with van der Waals surface area (Å²) in [6, 6.07) is 10.2. The summed E-state index contributed by atoms with van der Waals surface area (Å²) in [5, 5.41) is 5.95. The molecule has 2 aromatic rings. The molecule has 0 spiro atoms. The molecule has 0 radical (unpaired) electrons. The number of nitrogens with zero attached hydrogens (tertiary/aromatic N) is 1. The number of amides is 1. The summed E-state index contributed by atoms with van der Waals surface area (Å²) < 4.78 is 4.70. The lowest BCUT2D eigenvalue weighted by Gasteiger charge is -2.10. The third-order valence-electron chi connectivity index (χ3n) is 3.25. The molecule has 0 aliphatic carbocycles. The van der Waals surface area contributed by atoms with Gasteiger partial charge >= 0.3 is 5.97 Å². The van der Waals surface area contributed by atoms with Gasteiger partial charge in [-0.3, -0.25) is 4.79 Å². The largest absolute Gasteiger partial charge is 0.465 e. The number of hydrogen-bond donors (Lipinski definition) is 2. The van der Waals surface area contributed by atoms with Gasteiger partial charge in [0.2, 0.25) is 0 Å². The van der Waals surface area contributed by atoms with Crippen molar-refractivity contribution in [3.05, 3.63) is 53.7 Å². The van der Waals surface area contributed by atoms with E-state index in [9.17, 15) is 9.59 Å². The van der Waals surface area contributed by atoms with Gasteiger partial charge < -0.3 is 15.4 Å². The minimum absolute atomic E-state index is 0.141. The number of methoxy groups -OCH3 is 1. The molecule has 0 fully saturated rings. The van der Waals surface area contributed by atoms with Crippen LogP contribution in [0.1, 0.15) is 34.6 Å². The number of carbonyl (C=O) groups excluding carboxylic acids is 2. The maximum Gasteiger partial charge on any atom is 0.337 e. The fourth-order valence-corrected chi connectivity index (χ4v) is 2.03. The number of aromatic nitrogens is 1. The van der Waals surface area contributed by atoms with Gasteiger partial charge in [-0.25, -0.2) is 9.78 Å². The number of esters is 1. The average Bonchev–Trinajstić information content (AvgIpc) is 2.59. The van der Waals surface area contributed by atoms with Crippen molar-refractivity contribution >= 4 is 23.4 Å². The number of pyridine rings is 1. The van der Waals surface area contributed by atoms with Gasteiger partial charge in [0.15, 0.2) is 0 Å². The van der Waals surface area contributed by atoms with Gasteiger partial charge in [0.1, 0.15) is 5.82 Å². The Morgan fingerprint density at radius 3 is 2.67 bits per heavy atom. The van der Waals surface area contributed by atoms with Gasteiger partial charge in [-0.15, -0.1) is 0 Å². The Kier molecular flexibility index (Phi) is 5.89. The van der Waals surface area contributed by atoms with E-state index in [0.29, 0.717) is 35.1 Å². The highest BCUT2D eigenvalue weighted by molar-refractivity contribution is 5.95. The van der Waals surface area contributed by atoms with Gasteiger partial charge in [0.05, 0.1) is 12.7 Å². The summed E-state index contributed by atoms with van der Waals surface area (Å²) in [7, 11) is 1.34. The quantitative estimate of drug-likeness (QED) is 0.797. The fraction of sp³-hybridized carbons (Fsp3) is 0.278. The van der Waals surface area contributed by atoms with Crippen molar-refractivity contribution in [1.82, 2.24) is 10.3 Å². The number of ether oxygens (including phenoxy) is 1. The molecular weight excluding hydrogens is 306 g/mol. The zero-order valence-electron chi connectivity index (χ0n) is 14.0. The Morgan fingerprint density at radius 1 is 1.17 bits per heavy atom. The Morgan fingerprint density at radius 2 is 1.96 bits per heavy atom. The second-order valence-electron chi connectivity index (χ2n) is 5.73. The van der Waals surface area contributed by atoms with Gasteiger partial charge in [-0.2, -0.15) is 0 Å². The number of carbonyl (C=O) groups is 2. The van der Waals surface area contributed by atoms with E-state index in [0.717, 1.165) is 0 Å². The van der Waals surface area contributed by atoms with E-state index in [1.165, 1.54) is 7.11 Å². The van der Waals surface area contributed by atoms with Crippen LogP contribution in [0.3, 0.4) is 0 Å². The lowest BCUT2D eigenvalue weighted by atomic mass is 10.2. The summed E-state index contributed by atoms with van der Waals surface area (Å²) in [5.41, 5.74) is 1.65. The standard InChI is InChI=1S/C18H21N3O3/c1-12(2)11-20-17(22)13-7-8-19-16(10-13)21-15-6-4-5-14(9-15)18(23)24-3/h4-10,12H,11H2,1-3H3,(H,19,21)(H,20,22). The Bertz CT molecular complexity index is 729. The van der Waals surface area contributed by atoms with Crippen molar-refractivity contribution in [2.24, 2.45) is 5.92 Å². The number of rotatable bonds is 6. The van der Waals surface area contributed by atoms with Crippen molar-refractivity contribution in [2.75, 3.05) is 19.0 Å². The highest BCUT2D eigenvalue weighted by Gasteiger charge is 2.09. The van der Waals surface area contributed by atoms with Gasteiger partial charge in [-0.05, 0) is 36.2 Å². The summed E-state index contributed by atoms with van der Waals surface area (Å²) in [6.07, 6.45) is 1.57. The van der Waals surface area contributed by atoms with Crippen LogP contribution < -0.4 is 10.6 Å². The van der Waals surface area contributed by atoms with Crippen molar-refractivity contribution in [3.63, 3.8) is 0 Å². The van der Waals surface area contributed by atoms with E-state index < -0.39 is 5.97 Å². The van der Waals surface area contributed by atoms with Crippen LogP contribution in [0.25, 0.3) is 0 Å². The number of anilines is 2. The zero-order chi connectivity index (χ0) is 17.5. The second-order valence-corrected chi connectivity index (χ2v) is 5.73. The summed E-state index contributed by atoms with van der Waals surface area (Å²) >= 11 is 0. The predicted molar refractivity (Wildman–Crippen MR) is 92.5 cm³/mol. The number of hydrogen-bond acceptors (Lipinski definition) is 5. The number of benzene rings is 1. The summed E-state index contributed by atoms with van der Waals surface area (Å²) in [6.45, 7) is 4.69. The summed E-state index contributed by atoms with van der Waals surface area (Å²) in [4.78, 5) is 27.9. The van der Waals surface area contributed by atoms with E-state index in [2.05, 4.69) is 15.6 Å². The molecule has 0 saturated heterocycles. The van der Waals surface area contributed by atoms with Crippen LogP contribution in [0.15, 0.2) is 42.6 Å². The minimum atomic E-state index is -0.409. The van der Waals surface area contributed by atoms with Crippen LogP contribution in [0.4, 0.5) is 11.5 Å². The topological polar surface area (TPSA) is 80.3 Å². The monoisotopic (exact) mass is 327 g/mol. The molecule has 1 aromatic heterocycles. The second kappa shape index (κ2) is 8.10. The Labute approximate surface area is 141 Å². The minimum Gasteiger partial charge on any atom is -0.465 e. The Balaban J connectivity index is 2.12. The number of nitrogens with one attached hydrogen (secondary N) is 2. The molecule has 1 heterocycles. The molecule has 6 nitrogen and oxygen atoms in total. The maximum absolute atomic E-state index is 12.1. The first-order valence-electron chi connectivity index (χ1n) is 7.69. The first-order chi connectivity index (χ1) is 11.5. The van der Waals surface area contributed by atoms with Gasteiger partial charge in [0.25, 0.3) is 5.91 Å². The van der Waals surface area contributed by atoms with E-state index in [1.807, 2.05) is 13.8 Å². The van der Waals surface area contributed by atoms with E-state index >= 15 is 0 Å². The normalized spacial score (nSPS) is 10.3. The highest BCUT2D eigenvalue weighted by atomic mass is 16.5. The maximum atomic E-state index is 12.1. The third-order valence-corrected chi connectivity index (χ3v) is 3.25. The third kappa shape index (κ3) is 4.81. The van der Waals surface area contributed by atoms with Gasteiger partial charge in [-0.1, -0.05) is 19.9 Å². The lowest BCUT2D eigenvalue weighted by Crippen LogP contribution is -2.27. The van der Waals surface area contributed by atoms with Crippen molar-refractivity contribution in [1.29, 1.82) is 0 Å². The van der Waals surface area contributed by atoms with Crippen LogP contribution in [0, 0.1) is 5.92 Å². The van der Waals surface area contributed by atoms with Crippen molar-refractivity contribution in [2.45, 2.75) is 13.8 Å². The van der Waals surface area contributed by atoms with Gasteiger partial charge in [0, 0.05) is 24.0 Å². The molecule has 1 amide bonds. The average molecular weight is 327 g/mol. The Hall–Kier alpha value is -2.89. The van der Waals surface area contributed by atoms with Crippen LogP contribution in [0.2, 0.25) is 0 Å². The molecule has 6 heteroatoms. The van der Waals surface area contributed by atoms with E-state index in [4.69, 9.17) is 4.74 Å². The molecule has 0 aliphatic rings. The lowest BCUT2D eigenvalue weighted by molar-refractivity contribution is 0.0600. The zero-order valence-corrected chi connectivity index (χ0v) is 14.0. The van der Waals surface area contributed by atoms with Crippen LogP contribution >= 0.6 is 0 Å². The molecular formula is C18H21N3O3. The molecule has 0 saturated carbocycles. The van der Waals surface area contributed by atoms with Crippen molar-refractivity contribution in [3.8, 4) is 0 Å². The SMILES string of the molecule is COC(=O)c1cccc(Nc2cc(C(=O)NCC(C)C)ccn2)c1. The highest BCUT2D eigenvalue weighted by Crippen LogP contribution is 2.17. The van der Waals surface area contributed by atoms with Crippen LogP contribution in [0.5, 0.6) is 0 Å². The van der Waals surface area contributed by atoms with Crippen LogP contribution in [-0.4, -0.2) is 30.5 Å². The fourth-order valence-electron chi connectivity index (χ4n) is 2.03. The van der Waals surface area contributed by atoms with E-state index in [1.54, 1.807) is 42.6 Å². The van der Waals surface area contributed by atoms with Crippen molar-refractivity contribution < 1.29 is 14.3 Å². The molecule has 0 bridgehead atoms. The molecule has 2 N–H and O–H groups in total. The molecule has 1 aromatic carbocycles. The molecule has 0 atom stereocenters. The first-order valence-corrected chi connectivity index (χ1v) is 7.69. The molecule has 24 heavy (non-hydrogen) atoms. The molecule has 0 aliphatic heterocycles. The molecule has 0 unspecified atom stereocenters. The molecule has 126 valence electrons. The smallest absolute Gasteiger partial charge is 0.337 e. The van der Waals surface area contributed by atoms with Crippen LogP contribution in [-0.2, 0) is 4.74 Å². The summed E-state index contributed by atoms with van der Waals surface area (Å²) in [5.74, 6) is 0.356. The predicted octanol–water partition coefficient (Wildman–Crippen LogP) is 3.00. The first kappa shape index (κ1) is 17.5. The van der Waals surface area contributed by atoms with E-state index in [-0.39, 0.29) is 5.91 Å².